The maximum Gasteiger partial charge on any atom is 0.354 e. The highest BCUT2D eigenvalue weighted by Gasteiger charge is 2.07. The minimum atomic E-state index is -0.365. The predicted octanol–water partition coefficient (Wildman–Crippen LogP) is 1.20. The molecule has 1 aromatic heterocycles. The Morgan fingerprint density at radius 3 is 3.07 bits per heavy atom. The number of aromatic nitrogens is 1. The summed E-state index contributed by atoms with van der Waals surface area (Å²) in [6.45, 7) is 2.10. The van der Waals surface area contributed by atoms with E-state index >= 15 is 0 Å². The van der Waals surface area contributed by atoms with E-state index in [-0.39, 0.29) is 12.6 Å². The topological polar surface area (TPSA) is 62.3 Å². The van der Waals surface area contributed by atoms with Crippen molar-refractivity contribution < 1.29 is 14.6 Å². The standard InChI is InChI=1S/C10H13NO3/c1-2-14-10(13)9-6-5-8(11-9)4-3-7-12/h3-6,11-12H,2,7H2,1H3. The van der Waals surface area contributed by atoms with Crippen LogP contribution in [0.3, 0.4) is 0 Å². The zero-order chi connectivity index (χ0) is 10.4. The molecule has 0 fully saturated rings. The van der Waals surface area contributed by atoms with E-state index in [1.807, 2.05) is 0 Å². The first-order valence-electron chi connectivity index (χ1n) is 4.41. The number of ether oxygens (including phenoxy) is 1. The number of hydrogen-bond donors (Lipinski definition) is 2. The van der Waals surface area contributed by atoms with Gasteiger partial charge in [0.25, 0.3) is 0 Å². The van der Waals surface area contributed by atoms with Gasteiger partial charge in [-0.2, -0.15) is 0 Å². The molecule has 4 heteroatoms. The van der Waals surface area contributed by atoms with Gasteiger partial charge in [-0.05, 0) is 25.1 Å². The van der Waals surface area contributed by atoms with Gasteiger partial charge >= 0.3 is 5.97 Å². The lowest BCUT2D eigenvalue weighted by atomic mass is 10.4. The number of rotatable bonds is 4. The summed E-state index contributed by atoms with van der Waals surface area (Å²) in [4.78, 5) is 14.1. The van der Waals surface area contributed by atoms with Gasteiger partial charge < -0.3 is 14.8 Å². The molecule has 1 aromatic rings. The van der Waals surface area contributed by atoms with E-state index in [0.717, 1.165) is 5.69 Å². The maximum atomic E-state index is 11.2. The van der Waals surface area contributed by atoms with E-state index < -0.39 is 0 Å². The van der Waals surface area contributed by atoms with Crippen LogP contribution in [0, 0.1) is 0 Å². The zero-order valence-electron chi connectivity index (χ0n) is 7.99. The summed E-state index contributed by atoms with van der Waals surface area (Å²) in [5, 5.41) is 8.54. The minimum absolute atomic E-state index is 0.0201. The lowest BCUT2D eigenvalue weighted by molar-refractivity contribution is 0.0520. The highest BCUT2D eigenvalue weighted by Crippen LogP contribution is 2.05. The Bertz CT molecular complexity index is 328. The van der Waals surface area contributed by atoms with Crippen molar-refractivity contribution in [2.75, 3.05) is 13.2 Å². The molecule has 0 aliphatic heterocycles. The number of aliphatic hydroxyl groups excluding tert-OH is 1. The molecule has 1 heterocycles. The van der Waals surface area contributed by atoms with Crippen molar-refractivity contribution in [3.63, 3.8) is 0 Å². The van der Waals surface area contributed by atoms with Crippen LogP contribution in [0.25, 0.3) is 6.08 Å². The third-order valence-electron chi connectivity index (χ3n) is 1.61. The van der Waals surface area contributed by atoms with Crippen molar-refractivity contribution in [3.05, 3.63) is 29.6 Å². The fraction of sp³-hybridized carbons (Fsp3) is 0.300. The van der Waals surface area contributed by atoms with E-state index in [1.54, 1.807) is 31.2 Å². The van der Waals surface area contributed by atoms with E-state index in [0.29, 0.717) is 12.3 Å². The van der Waals surface area contributed by atoms with Gasteiger partial charge in [-0.3, -0.25) is 0 Å². The first kappa shape index (κ1) is 10.5. The molecule has 0 aliphatic carbocycles. The second kappa shape index (κ2) is 5.24. The van der Waals surface area contributed by atoms with Gasteiger partial charge in [-0.25, -0.2) is 4.79 Å². The van der Waals surface area contributed by atoms with Crippen molar-refractivity contribution in [2.24, 2.45) is 0 Å². The predicted molar refractivity (Wildman–Crippen MR) is 52.9 cm³/mol. The van der Waals surface area contributed by atoms with Crippen LogP contribution in [-0.2, 0) is 4.74 Å². The van der Waals surface area contributed by atoms with Crippen LogP contribution >= 0.6 is 0 Å². The molecule has 0 atom stereocenters. The van der Waals surface area contributed by atoms with Gasteiger partial charge in [0, 0.05) is 5.69 Å². The molecule has 0 unspecified atom stereocenters. The molecule has 0 saturated carbocycles. The fourth-order valence-electron chi connectivity index (χ4n) is 1.02. The van der Waals surface area contributed by atoms with Crippen LogP contribution in [0.15, 0.2) is 18.2 Å². The Morgan fingerprint density at radius 1 is 1.64 bits per heavy atom. The van der Waals surface area contributed by atoms with Crippen LogP contribution in [0.1, 0.15) is 23.1 Å². The van der Waals surface area contributed by atoms with Crippen molar-refractivity contribution >= 4 is 12.0 Å². The van der Waals surface area contributed by atoms with E-state index in [1.165, 1.54) is 0 Å². The lowest BCUT2D eigenvalue weighted by Gasteiger charge is -1.97. The monoisotopic (exact) mass is 195 g/mol. The van der Waals surface area contributed by atoms with Crippen molar-refractivity contribution in [1.29, 1.82) is 0 Å². The van der Waals surface area contributed by atoms with E-state index in [2.05, 4.69) is 4.98 Å². The van der Waals surface area contributed by atoms with E-state index in [9.17, 15) is 4.79 Å². The summed E-state index contributed by atoms with van der Waals surface area (Å²) >= 11 is 0. The number of esters is 1. The number of hydrogen-bond acceptors (Lipinski definition) is 3. The maximum absolute atomic E-state index is 11.2. The SMILES string of the molecule is CCOC(=O)c1ccc(C=CCO)[nH]1. The molecular weight excluding hydrogens is 182 g/mol. The van der Waals surface area contributed by atoms with Crippen LogP contribution in [0.4, 0.5) is 0 Å². The van der Waals surface area contributed by atoms with Gasteiger partial charge in [0.05, 0.1) is 13.2 Å². The highest BCUT2D eigenvalue weighted by molar-refractivity contribution is 5.87. The van der Waals surface area contributed by atoms with Crippen molar-refractivity contribution in [3.8, 4) is 0 Å². The first-order valence-corrected chi connectivity index (χ1v) is 4.41. The van der Waals surface area contributed by atoms with Crippen LogP contribution in [-0.4, -0.2) is 29.3 Å². The highest BCUT2D eigenvalue weighted by atomic mass is 16.5. The first-order chi connectivity index (χ1) is 6.77. The van der Waals surface area contributed by atoms with Gasteiger partial charge in [0.2, 0.25) is 0 Å². The number of H-pyrrole nitrogens is 1. The van der Waals surface area contributed by atoms with Crippen LogP contribution in [0.2, 0.25) is 0 Å². The summed E-state index contributed by atoms with van der Waals surface area (Å²) in [5.74, 6) is -0.365. The quantitative estimate of drug-likeness (QED) is 0.709. The number of carbonyl (C=O) groups is 1. The van der Waals surface area contributed by atoms with Gasteiger partial charge in [-0.1, -0.05) is 6.08 Å². The van der Waals surface area contributed by atoms with Gasteiger partial charge in [0.1, 0.15) is 5.69 Å². The molecule has 1 rings (SSSR count). The molecule has 0 spiro atoms. The third kappa shape index (κ3) is 2.74. The molecule has 0 bridgehead atoms. The van der Waals surface area contributed by atoms with Crippen LogP contribution in [0.5, 0.6) is 0 Å². The number of aromatic amines is 1. The van der Waals surface area contributed by atoms with E-state index in [4.69, 9.17) is 9.84 Å². The summed E-state index contributed by atoms with van der Waals surface area (Å²) in [5.41, 5.74) is 1.19. The summed E-state index contributed by atoms with van der Waals surface area (Å²) in [6.07, 6.45) is 3.28. The second-order valence-electron chi connectivity index (χ2n) is 2.63. The smallest absolute Gasteiger partial charge is 0.354 e. The largest absolute Gasteiger partial charge is 0.461 e. The molecule has 76 valence electrons. The summed E-state index contributed by atoms with van der Waals surface area (Å²) in [6, 6.07) is 3.40. The third-order valence-corrected chi connectivity index (χ3v) is 1.61. The average Bonchev–Trinajstić information content (AvgIpc) is 2.63. The fourth-order valence-corrected chi connectivity index (χ4v) is 1.02. The Balaban J connectivity index is 2.67. The molecule has 14 heavy (non-hydrogen) atoms. The zero-order valence-corrected chi connectivity index (χ0v) is 7.99. The molecule has 0 amide bonds. The second-order valence-corrected chi connectivity index (χ2v) is 2.63. The Hall–Kier alpha value is -1.55. The molecule has 0 aliphatic rings. The van der Waals surface area contributed by atoms with Gasteiger partial charge in [-0.15, -0.1) is 0 Å². The van der Waals surface area contributed by atoms with Crippen molar-refractivity contribution in [2.45, 2.75) is 6.92 Å². The number of aliphatic hydroxyl groups is 1. The Labute approximate surface area is 82.2 Å². The summed E-state index contributed by atoms with van der Waals surface area (Å²) < 4.78 is 4.80. The van der Waals surface area contributed by atoms with Gasteiger partial charge in [0.15, 0.2) is 0 Å². The Morgan fingerprint density at radius 2 is 2.43 bits per heavy atom. The molecule has 0 aromatic carbocycles. The minimum Gasteiger partial charge on any atom is -0.461 e. The lowest BCUT2D eigenvalue weighted by Crippen LogP contribution is -2.04. The number of nitrogens with one attached hydrogen (secondary N) is 1. The molecule has 0 saturated heterocycles. The summed E-state index contributed by atoms with van der Waals surface area (Å²) in [7, 11) is 0. The average molecular weight is 195 g/mol. The molecule has 0 radical (unpaired) electrons. The number of carbonyl (C=O) groups excluding carboxylic acids is 1. The van der Waals surface area contributed by atoms with Crippen LogP contribution < -0.4 is 0 Å². The normalized spacial score (nSPS) is 10.7. The molecular formula is C10H13NO3. The molecule has 2 N–H and O–H groups in total. The Kier molecular flexibility index (Phi) is 3.94. The van der Waals surface area contributed by atoms with Crippen molar-refractivity contribution in [1.82, 2.24) is 4.98 Å². The molecule has 4 nitrogen and oxygen atoms in total.